The van der Waals surface area contributed by atoms with E-state index in [0.717, 1.165) is 0 Å². The average Bonchev–Trinajstić information content (AvgIpc) is 3.27. The van der Waals surface area contributed by atoms with Gasteiger partial charge in [-0.2, -0.15) is 0 Å². The van der Waals surface area contributed by atoms with Gasteiger partial charge in [0.1, 0.15) is 0 Å². The van der Waals surface area contributed by atoms with Crippen molar-refractivity contribution in [2.75, 3.05) is 0 Å². The van der Waals surface area contributed by atoms with Gasteiger partial charge in [-0.05, 0) is 70.3 Å². The van der Waals surface area contributed by atoms with E-state index >= 15 is 0 Å². The first-order chi connectivity index (χ1) is 13.3. The van der Waals surface area contributed by atoms with Gasteiger partial charge in [0.2, 0.25) is 0 Å². The van der Waals surface area contributed by atoms with Crippen molar-refractivity contribution in [3.8, 4) is 9.75 Å². The Labute approximate surface area is 183 Å². The highest BCUT2D eigenvalue weighted by molar-refractivity contribution is 9.11. The van der Waals surface area contributed by atoms with E-state index in [1.165, 1.54) is 98.6 Å². The number of hydrogen-bond acceptors (Lipinski definition) is 2. The van der Waals surface area contributed by atoms with Crippen molar-refractivity contribution < 1.29 is 0 Å². The van der Waals surface area contributed by atoms with Gasteiger partial charge in [-0.3, -0.25) is 0 Å². The molecule has 0 fully saturated rings. The Morgan fingerprint density at radius 2 is 1.26 bits per heavy atom. The van der Waals surface area contributed by atoms with Gasteiger partial charge in [0, 0.05) is 9.75 Å². The fourth-order valence-corrected chi connectivity index (χ4v) is 6.57. The summed E-state index contributed by atoms with van der Waals surface area (Å²) in [5, 5.41) is 2.30. The van der Waals surface area contributed by atoms with Gasteiger partial charge in [-0.15, -0.1) is 22.7 Å². The molecule has 0 N–H and O–H groups in total. The third-order valence-corrected chi connectivity index (χ3v) is 8.13. The monoisotopic (exact) mass is 468 g/mol. The van der Waals surface area contributed by atoms with Crippen molar-refractivity contribution in [3.05, 3.63) is 32.4 Å². The van der Waals surface area contributed by atoms with Crippen molar-refractivity contribution in [1.29, 1.82) is 0 Å². The fraction of sp³-hybridized carbons (Fsp3) is 0.667. The quantitative estimate of drug-likeness (QED) is 0.228. The van der Waals surface area contributed by atoms with Crippen LogP contribution >= 0.6 is 38.6 Å². The standard InChI is InChI=1S/C24H37BrS2/c1-3-5-7-9-11-13-15-20-17-18-26-23(20)24-21(19-22(25)27-24)16-14-12-10-8-6-4-2/h17-19H,3-16H2,1-2H3. The van der Waals surface area contributed by atoms with Gasteiger partial charge in [0.05, 0.1) is 3.79 Å². The number of thiophene rings is 2. The summed E-state index contributed by atoms with van der Waals surface area (Å²) in [6.07, 6.45) is 19.0. The Morgan fingerprint density at radius 3 is 1.89 bits per heavy atom. The van der Waals surface area contributed by atoms with E-state index in [4.69, 9.17) is 0 Å². The molecule has 0 aliphatic rings. The molecule has 0 unspecified atom stereocenters. The number of hydrogen-bond donors (Lipinski definition) is 0. The van der Waals surface area contributed by atoms with Crippen LogP contribution in [0.15, 0.2) is 21.3 Å². The van der Waals surface area contributed by atoms with Gasteiger partial charge < -0.3 is 0 Å². The summed E-state index contributed by atoms with van der Waals surface area (Å²) < 4.78 is 1.29. The van der Waals surface area contributed by atoms with Gasteiger partial charge in [0.15, 0.2) is 0 Å². The first kappa shape index (κ1) is 23.2. The molecule has 27 heavy (non-hydrogen) atoms. The molecule has 0 nitrogen and oxygen atoms in total. The van der Waals surface area contributed by atoms with Crippen LogP contribution in [0.2, 0.25) is 0 Å². The lowest BCUT2D eigenvalue weighted by Crippen LogP contribution is -1.89. The molecule has 0 bridgehead atoms. The molecule has 3 heteroatoms. The molecule has 0 radical (unpaired) electrons. The smallest absolute Gasteiger partial charge is 0.0708 e. The van der Waals surface area contributed by atoms with Crippen molar-refractivity contribution in [2.24, 2.45) is 0 Å². The molecule has 0 saturated carbocycles. The largest absolute Gasteiger partial charge is 0.143 e. The Kier molecular flexibility index (Phi) is 12.0. The summed E-state index contributed by atoms with van der Waals surface area (Å²) in [5.41, 5.74) is 3.14. The van der Waals surface area contributed by atoms with Crippen LogP contribution in [0.3, 0.4) is 0 Å². The average molecular weight is 470 g/mol. The first-order valence-corrected chi connectivity index (χ1v) is 13.6. The minimum absolute atomic E-state index is 1.23. The zero-order valence-electron chi connectivity index (χ0n) is 17.3. The summed E-state index contributed by atoms with van der Waals surface area (Å²) >= 11 is 7.62. The molecule has 0 aliphatic carbocycles. The van der Waals surface area contributed by atoms with Crippen molar-refractivity contribution >= 4 is 38.6 Å². The molecule has 0 amide bonds. The number of unbranched alkanes of at least 4 members (excludes halogenated alkanes) is 10. The second-order valence-electron chi connectivity index (χ2n) is 7.72. The maximum Gasteiger partial charge on any atom is 0.0708 e. The van der Waals surface area contributed by atoms with E-state index in [-0.39, 0.29) is 0 Å². The Hall–Kier alpha value is -0.120. The van der Waals surface area contributed by atoms with Crippen molar-refractivity contribution in [2.45, 2.75) is 104 Å². The maximum absolute atomic E-state index is 3.75. The lowest BCUT2D eigenvalue weighted by molar-refractivity contribution is 0.607. The third-order valence-electron chi connectivity index (χ3n) is 5.33. The van der Waals surface area contributed by atoms with E-state index in [1.54, 1.807) is 16.0 Å². The molecular weight excluding hydrogens is 432 g/mol. The molecule has 0 aliphatic heterocycles. The topological polar surface area (TPSA) is 0 Å². The normalized spacial score (nSPS) is 11.4. The van der Waals surface area contributed by atoms with Crippen LogP contribution in [0, 0.1) is 0 Å². The SMILES string of the molecule is CCCCCCCCc1ccsc1-c1sc(Br)cc1CCCCCCCC. The molecule has 2 aromatic rings. The lowest BCUT2D eigenvalue weighted by atomic mass is 10.0. The van der Waals surface area contributed by atoms with Crippen LogP contribution in [0.4, 0.5) is 0 Å². The molecule has 2 heterocycles. The summed E-state index contributed by atoms with van der Waals surface area (Å²) in [6, 6.07) is 4.74. The van der Waals surface area contributed by atoms with E-state index < -0.39 is 0 Å². The number of aryl methyl sites for hydroxylation is 2. The summed E-state index contributed by atoms with van der Waals surface area (Å²) in [4.78, 5) is 3.08. The molecule has 152 valence electrons. The lowest BCUT2D eigenvalue weighted by Gasteiger charge is -2.06. The highest BCUT2D eigenvalue weighted by Gasteiger charge is 2.14. The Bertz CT molecular complexity index is 626. The van der Waals surface area contributed by atoms with E-state index in [9.17, 15) is 0 Å². The summed E-state index contributed by atoms with van der Waals surface area (Å²) in [7, 11) is 0. The first-order valence-electron chi connectivity index (χ1n) is 11.1. The maximum atomic E-state index is 3.75. The molecule has 2 aromatic heterocycles. The molecule has 0 atom stereocenters. The minimum Gasteiger partial charge on any atom is -0.143 e. The minimum atomic E-state index is 1.23. The number of rotatable bonds is 15. The molecule has 2 rings (SSSR count). The van der Waals surface area contributed by atoms with Gasteiger partial charge in [-0.1, -0.05) is 78.1 Å². The van der Waals surface area contributed by atoms with E-state index in [2.05, 4.69) is 47.3 Å². The van der Waals surface area contributed by atoms with Crippen molar-refractivity contribution in [1.82, 2.24) is 0 Å². The summed E-state index contributed by atoms with van der Waals surface area (Å²) in [5.74, 6) is 0. The highest BCUT2D eigenvalue weighted by atomic mass is 79.9. The predicted octanol–water partition coefficient (Wildman–Crippen LogP) is 10.0. The Balaban J connectivity index is 1.87. The second kappa shape index (κ2) is 14.0. The van der Waals surface area contributed by atoms with E-state index in [1.807, 2.05) is 22.7 Å². The van der Waals surface area contributed by atoms with Crippen LogP contribution in [0.25, 0.3) is 9.75 Å². The van der Waals surface area contributed by atoms with Gasteiger partial charge in [-0.25, -0.2) is 0 Å². The molecular formula is C24H37BrS2. The molecule has 0 spiro atoms. The van der Waals surface area contributed by atoms with Crippen LogP contribution in [0.1, 0.15) is 102 Å². The number of halogens is 1. The fourth-order valence-electron chi connectivity index (χ4n) is 3.70. The molecule has 0 aromatic carbocycles. The van der Waals surface area contributed by atoms with Gasteiger partial charge in [0.25, 0.3) is 0 Å². The van der Waals surface area contributed by atoms with Crippen LogP contribution in [0.5, 0.6) is 0 Å². The zero-order chi connectivity index (χ0) is 19.3. The van der Waals surface area contributed by atoms with Crippen molar-refractivity contribution in [3.63, 3.8) is 0 Å². The van der Waals surface area contributed by atoms with Gasteiger partial charge >= 0.3 is 0 Å². The molecule has 0 saturated heterocycles. The summed E-state index contributed by atoms with van der Waals surface area (Å²) in [6.45, 7) is 4.58. The zero-order valence-corrected chi connectivity index (χ0v) is 20.5. The second-order valence-corrected chi connectivity index (χ2v) is 11.1. The third kappa shape index (κ3) is 8.41. The predicted molar refractivity (Wildman–Crippen MR) is 129 cm³/mol. The van der Waals surface area contributed by atoms with Crippen LogP contribution in [-0.4, -0.2) is 0 Å². The Morgan fingerprint density at radius 1 is 0.704 bits per heavy atom. The highest BCUT2D eigenvalue weighted by Crippen LogP contribution is 2.41. The van der Waals surface area contributed by atoms with Crippen LogP contribution in [-0.2, 0) is 12.8 Å². The van der Waals surface area contributed by atoms with Crippen LogP contribution < -0.4 is 0 Å². The van der Waals surface area contributed by atoms with E-state index in [0.29, 0.717) is 0 Å².